The Morgan fingerprint density at radius 3 is 2.27 bits per heavy atom. The minimum Gasteiger partial charge on any atom is -0.466 e. The number of nitrogens with one attached hydrogen (secondary N) is 2. The third-order valence-corrected chi connectivity index (χ3v) is 13.4. The topological polar surface area (TPSA) is 141 Å². The maximum atomic E-state index is 13.4. The van der Waals surface area contributed by atoms with Gasteiger partial charge in [-0.1, -0.05) is 57.1 Å². The second-order valence-corrected chi connectivity index (χ2v) is 18.5. The molecule has 1 fully saturated rings. The molecule has 1 saturated heterocycles. The number of allylic oxidation sites excluding steroid dienone is 6. The fraction of sp³-hybridized carbons (Fsp3) is 0.463. The molecule has 3 aromatic heterocycles. The number of nitrogens with two attached hydrogens (primary N) is 1. The van der Waals surface area contributed by atoms with E-state index in [2.05, 4.69) is 97.1 Å². The van der Waals surface area contributed by atoms with Crippen molar-refractivity contribution in [1.29, 1.82) is 0 Å². The Balaban J connectivity index is 1.15. The van der Waals surface area contributed by atoms with Crippen LogP contribution in [0.5, 0.6) is 0 Å². The number of unbranched alkanes of at least 4 members (excludes halogenated alkanes) is 3. The van der Waals surface area contributed by atoms with Gasteiger partial charge >= 0.3 is 11.5 Å². The molecular weight excluding hydrogens is 825 g/mol. The third-order valence-electron chi connectivity index (χ3n) is 13.4. The van der Waals surface area contributed by atoms with Gasteiger partial charge in [-0.3, -0.25) is 19.6 Å². The summed E-state index contributed by atoms with van der Waals surface area (Å²) in [4.78, 5) is 25.9. The lowest BCUT2D eigenvalue weighted by Gasteiger charge is -2.41. The summed E-state index contributed by atoms with van der Waals surface area (Å²) in [5.74, 6) is 5.91. The van der Waals surface area contributed by atoms with Crippen LogP contribution in [0.25, 0.3) is 22.2 Å². The highest BCUT2D eigenvalue weighted by Crippen LogP contribution is 2.38. The van der Waals surface area contributed by atoms with Crippen molar-refractivity contribution < 1.29 is 18.1 Å². The quantitative estimate of drug-likeness (QED) is 0.0773. The van der Waals surface area contributed by atoms with Crippen molar-refractivity contribution in [1.82, 2.24) is 30.3 Å². The summed E-state index contributed by atoms with van der Waals surface area (Å²) in [6, 6.07) is 4.17. The molecule has 66 heavy (non-hydrogen) atoms. The first-order valence-corrected chi connectivity index (χ1v) is 23.9. The molecular formula is C54H72N8O4. The summed E-state index contributed by atoms with van der Waals surface area (Å²) >= 11 is 0. The Hall–Kier alpha value is -5.69. The largest absolute Gasteiger partial charge is 0.466 e. The molecule has 12 nitrogen and oxygen atoms in total. The fourth-order valence-electron chi connectivity index (χ4n) is 9.78. The molecule has 7 rings (SSSR count). The Bertz CT molecular complexity index is 2530. The monoisotopic (exact) mass is 897 g/mol. The molecule has 3 aromatic rings. The lowest BCUT2D eigenvalue weighted by atomic mass is 9.94. The highest BCUT2D eigenvalue weighted by molar-refractivity contribution is 5.98. The number of hydrogen-bond acceptors (Lipinski definition) is 9. The number of ketones is 1. The van der Waals surface area contributed by atoms with Crippen LogP contribution < -0.4 is 16.4 Å². The summed E-state index contributed by atoms with van der Waals surface area (Å²) in [6.45, 7) is 36.8. The van der Waals surface area contributed by atoms with E-state index < -0.39 is 0 Å². The van der Waals surface area contributed by atoms with Crippen LogP contribution in [0.4, 0.5) is 0 Å². The van der Waals surface area contributed by atoms with Crippen molar-refractivity contribution >= 4 is 17.3 Å². The van der Waals surface area contributed by atoms with Crippen molar-refractivity contribution in [3.05, 3.63) is 146 Å². The van der Waals surface area contributed by atoms with Crippen LogP contribution in [0.3, 0.4) is 0 Å². The van der Waals surface area contributed by atoms with Gasteiger partial charge in [0.1, 0.15) is 29.0 Å². The number of pyridine rings is 1. The summed E-state index contributed by atoms with van der Waals surface area (Å²) in [5.41, 5.74) is 18.2. The van der Waals surface area contributed by atoms with Gasteiger partial charge in [0, 0.05) is 72.9 Å². The molecule has 0 spiro atoms. The molecule has 12 heteroatoms. The van der Waals surface area contributed by atoms with E-state index in [1.165, 1.54) is 11.1 Å². The van der Waals surface area contributed by atoms with E-state index in [9.17, 15) is 4.79 Å². The van der Waals surface area contributed by atoms with Gasteiger partial charge in [0.25, 0.3) is 5.91 Å². The van der Waals surface area contributed by atoms with Crippen LogP contribution >= 0.6 is 0 Å². The Morgan fingerprint density at radius 1 is 0.894 bits per heavy atom. The Morgan fingerprint density at radius 2 is 1.59 bits per heavy atom. The SMILES string of the molecule is C=C1CC(=C2[O+]=C(C)C(=C)C2C)C=C(N2CCN(CC3=CC(c4oc(C)c(CC)c4C)=CC(=C)N3)CCN(Cc3cc(-c4oc(C)c(C(=O)NCCCCCCN)c4C)cc(C)n3)CC2)[N-]1. The van der Waals surface area contributed by atoms with Gasteiger partial charge < -0.3 is 35.4 Å². The predicted molar refractivity (Wildman–Crippen MR) is 266 cm³/mol. The molecule has 7 heterocycles. The summed E-state index contributed by atoms with van der Waals surface area (Å²) < 4.78 is 19.0. The van der Waals surface area contributed by atoms with Gasteiger partial charge in [0.05, 0.1) is 29.3 Å². The fourth-order valence-corrected chi connectivity index (χ4v) is 9.78. The van der Waals surface area contributed by atoms with E-state index in [4.69, 9.17) is 29.3 Å². The smallest absolute Gasteiger partial charge is 0.340 e. The normalized spacial score (nSPS) is 20.0. The molecule has 4 aliphatic rings. The number of rotatable bonds is 15. The number of carbonyl (C=O) groups is 1. The lowest BCUT2D eigenvalue weighted by molar-refractivity contribution is -0.397. The second kappa shape index (κ2) is 21.3. The maximum absolute atomic E-state index is 13.4. The van der Waals surface area contributed by atoms with E-state index in [0.717, 1.165) is 157 Å². The molecule has 4 N–H and O–H groups in total. The molecule has 0 radical (unpaired) electrons. The Labute approximate surface area is 392 Å². The van der Waals surface area contributed by atoms with Gasteiger partial charge in [-0.05, 0) is 129 Å². The second-order valence-electron chi connectivity index (χ2n) is 18.5. The van der Waals surface area contributed by atoms with Crippen LogP contribution in [-0.4, -0.2) is 90.3 Å². The summed E-state index contributed by atoms with van der Waals surface area (Å²) in [5, 5.41) is 11.8. The zero-order valence-electron chi connectivity index (χ0n) is 40.8. The number of amides is 1. The number of aromatic nitrogens is 1. The van der Waals surface area contributed by atoms with Gasteiger partial charge in [0.15, 0.2) is 0 Å². The summed E-state index contributed by atoms with van der Waals surface area (Å²) in [6.07, 6.45) is 12.1. The molecule has 0 aromatic carbocycles. The van der Waals surface area contributed by atoms with E-state index in [0.29, 0.717) is 49.7 Å². The lowest BCUT2D eigenvalue weighted by Crippen LogP contribution is -2.39. The predicted octanol–water partition coefficient (Wildman–Crippen LogP) is 9.51. The molecule has 1 amide bonds. The average Bonchev–Trinajstić information content (AvgIpc) is 3.87. The van der Waals surface area contributed by atoms with Gasteiger partial charge in [0.2, 0.25) is 0 Å². The zero-order chi connectivity index (χ0) is 47.2. The first kappa shape index (κ1) is 48.2. The van der Waals surface area contributed by atoms with Crippen molar-refractivity contribution in [2.45, 2.75) is 100 Å². The number of dihydropyridines is 1. The minimum atomic E-state index is -0.0981. The number of furan rings is 2. The number of nitrogens with zero attached hydrogens (tertiary/aromatic N) is 5. The summed E-state index contributed by atoms with van der Waals surface area (Å²) in [7, 11) is 0. The highest BCUT2D eigenvalue weighted by Gasteiger charge is 2.38. The van der Waals surface area contributed by atoms with E-state index in [1.807, 2.05) is 33.8 Å². The molecule has 0 aliphatic carbocycles. The molecule has 4 aliphatic heterocycles. The molecule has 1 atom stereocenters. The Kier molecular flexibility index (Phi) is 15.6. The van der Waals surface area contributed by atoms with Crippen molar-refractivity contribution in [3.8, 4) is 11.3 Å². The number of carbonyl (C=O) groups excluding carboxylic acids is 2. The number of aryl methyl sites for hydroxylation is 3. The van der Waals surface area contributed by atoms with Crippen molar-refractivity contribution in [2.24, 2.45) is 11.7 Å². The maximum Gasteiger partial charge on any atom is 0.340 e. The van der Waals surface area contributed by atoms with Gasteiger partial charge in [-0.25, -0.2) is 4.42 Å². The van der Waals surface area contributed by atoms with Crippen molar-refractivity contribution in [3.63, 3.8) is 0 Å². The minimum absolute atomic E-state index is 0.0981. The third kappa shape index (κ3) is 11.1. The molecule has 0 bridgehead atoms. The van der Waals surface area contributed by atoms with Crippen LogP contribution in [0.2, 0.25) is 0 Å². The standard InChI is InChI=1S/C54H72N8O4/c1-12-48-38(7)52(65-41(48)10)43-25-33(2)57-46(28-43)31-60-19-20-61(22-24-62(23-21-60)49-30-45(27-35(4)59-49)51-37(6)36(5)40(9)64-51)32-47-29-44(26-34(3)58-47)53-39(8)50(42(11)66-53)54(63)56-18-16-14-13-15-17-55/h25-26,28-30,37,57H,2,4-5,12-24,27,31-32,55H2,1,3,6-11H3,(H,56,63). The van der Waals surface area contributed by atoms with Gasteiger partial charge in [-0.15, -0.1) is 0 Å². The van der Waals surface area contributed by atoms with Gasteiger partial charge in [-0.2, -0.15) is 0 Å². The molecule has 1 unspecified atom stereocenters. The molecule has 352 valence electrons. The first-order chi connectivity index (χ1) is 31.6. The average molecular weight is 897 g/mol. The van der Waals surface area contributed by atoms with E-state index in [1.54, 1.807) is 0 Å². The van der Waals surface area contributed by atoms with Crippen LogP contribution in [0, 0.1) is 40.5 Å². The molecule has 0 saturated carbocycles. The number of hydrogen-bond donors (Lipinski definition) is 3. The van der Waals surface area contributed by atoms with Crippen LogP contribution in [-0.2, 0) is 17.4 Å². The van der Waals surface area contributed by atoms with E-state index in [-0.39, 0.29) is 11.8 Å². The van der Waals surface area contributed by atoms with E-state index >= 15 is 0 Å². The zero-order valence-corrected chi connectivity index (χ0v) is 40.8. The van der Waals surface area contributed by atoms with Crippen LogP contribution in [0.15, 0.2) is 98.7 Å². The van der Waals surface area contributed by atoms with Crippen molar-refractivity contribution in [2.75, 3.05) is 58.9 Å². The first-order valence-electron chi connectivity index (χ1n) is 23.9. The highest BCUT2D eigenvalue weighted by atomic mass is 16.4. The van der Waals surface area contributed by atoms with Crippen LogP contribution in [0.1, 0.15) is 109 Å².